The summed E-state index contributed by atoms with van der Waals surface area (Å²) in [5, 5.41) is 11.2. The highest BCUT2D eigenvalue weighted by Gasteiger charge is 2.11. The lowest BCUT2D eigenvalue weighted by molar-refractivity contribution is 0.101. The Kier molecular flexibility index (Phi) is 4.43. The first-order valence-corrected chi connectivity index (χ1v) is 6.62. The standard InChI is InChI=1S/C14H12BrN3O2/c1-18-9-10(15)8-13(18)14(19)17-11-2-4-12(5-3-11)20-7-6-16/h2-5,8-9H,7H2,1H3,(H,17,19). The van der Waals surface area contributed by atoms with Gasteiger partial charge >= 0.3 is 0 Å². The number of anilines is 1. The summed E-state index contributed by atoms with van der Waals surface area (Å²) in [6, 6.07) is 10.5. The highest BCUT2D eigenvalue weighted by molar-refractivity contribution is 9.10. The van der Waals surface area contributed by atoms with Crippen molar-refractivity contribution >= 4 is 27.5 Å². The Balaban J connectivity index is 2.05. The summed E-state index contributed by atoms with van der Waals surface area (Å²) < 4.78 is 7.73. The summed E-state index contributed by atoms with van der Waals surface area (Å²) in [7, 11) is 1.80. The Bertz CT molecular complexity index is 656. The van der Waals surface area contributed by atoms with Crippen LogP contribution >= 0.6 is 15.9 Å². The number of carbonyl (C=O) groups is 1. The van der Waals surface area contributed by atoms with E-state index in [0.717, 1.165) is 4.47 Å². The van der Waals surface area contributed by atoms with Crippen molar-refractivity contribution in [1.82, 2.24) is 4.57 Å². The van der Waals surface area contributed by atoms with E-state index in [1.165, 1.54) is 0 Å². The summed E-state index contributed by atoms with van der Waals surface area (Å²) in [5.74, 6) is 0.398. The Morgan fingerprint density at radius 2 is 2.15 bits per heavy atom. The maximum atomic E-state index is 12.1. The van der Waals surface area contributed by atoms with E-state index in [4.69, 9.17) is 10.00 Å². The molecule has 20 heavy (non-hydrogen) atoms. The monoisotopic (exact) mass is 333 g/mol. The number of nitriles is 1. The van der Waals surface area contributed by atoms with E-state index in [9.17, 15) is 4.79 Å². The molecule has 0 bridgehead atoms. The second-order valence-corrected chi connectivity index (χ2v) is 5.00. The fourth-order valence-electron chi connectivity index (χ4n) is 1.70. The normalized spacial score (nSPS) is 9.85. The number of carbonyl (C=O) groups excluding carboxylic acids is 1. The highest BCUT2D eigenvalue weighted by atomic mass is 79.9. The molecular formula is C14H12BrN3O2. The molecule has 0 aliphatic heterocycles. The number of ether oxygens (including phenoxy) is 1. The zero-order valence-corrected chi connectivity index (χ0v) is 12.3. The number of aromatic nitrogens is 1. The molecule has 1 heterocycles. The molecule has 6 heteroatoms. The van der Waals surface area contributed by atoms with E-state index in [1.54, 1.807) is 41.9 Å². The Morgan fingerprint density at radius 3 is 2.70 bits per heavy atom. The van der Waals surface area contributed by atoms with Gasteiger partial charge in [0.2, 0.25) is 0 Å². The molecule has 0 atom stereocenters. The first-order chi connectivity index (χ1) is 9.60. The topological polar surface area (TPSA) is 67.1 Å². The van der Waals surface area contributed by atoms with E-state index in [-0.39, 0.29) is 12.5 Å². The summed E-state index contributed by atoms with van der Waals surface area (Å²) in [5.41, 5.74) is 1.22. The molecule has 1 aromatic heterocycles. The first kappa shape index (κ1) is 14.2. The minimum absolute atomic E-state index is 0.00306. The number of nitrogens with one attached hydrogen (secondary N) is 1. The number of halogens is 1. The molecule has 0 saturated carbocycles. The molecule has 1 aromatic carbocycles. The average Bonchev–Trinajstić information content (AvgIpc) is 2.77. The molecule has 0 radical (unpaired) electrons. The average molecular weight is 334 g/mol. The summed E-state index contributed by atoms with van der Waals surface area (Å²) in [6.07, 6.45) is 1.81. The lowest BCUT2D eigenvalue weighted by Crippen LogP contribution is -2.15. The Hall–Kier alpha value is -2.26. The van der Waals surface area contributed by atoms with Gasteiger partial charge in [0.25, 0.3) is 5.91 Å². The van der Waals surface area contributed by atoms with Gasteiger partial charge in [-0.3, -0.25) is 4.79 Å². The van der Waals surface area contributed by atoms with Crippen LogP contribution in [0.3, 0.4) is 0 Å². The fourth-order valence-corrected chi connectivity index (χ4v) is 2.22. The van der Waals surface area contributed by atoms with Gasteiger partial charge in [0.1, 0.15) is 17.5 Å². The van der Waals surface area contributed by atoms with Crippen molar-refractivity contribution < 1.29 is 9.53 Å². The van der Waals surface area contributed by atoms with Gasteiger partial charge in [0.15, 0.2) is 6.61 Å². The van der Waals surface area contributed by atoms with E-state index in [0.29, 0.717) is 17.1 Å². The van der Waals surface area contributed by atoms with Gasteiger partial charge < -0.3 is 14.6 Å². The lowest BCUT2D eigenvalue weighted by atomic mass is 10.3. The second-order valence-electron chi connectivity index (χ2n) is 4.08. The maximum absolute atomic E-state index is 12.1. The molecule has 5 nitrogen and oxygen atoms in total. The molecule has 1 amide bonds. The number of benzene rings is 1. The first-order valence-electron chi connectivity index (χ1n) is 5.83. The molecule has 2 aromatic rings. The van der Waals surface area contributed by atoms with Crippen molar-refractivity contribution in [2.45, 2.75) is 0 Å². The molecule has 0 fully saturated rings. The van der Waals surface area contributed by atoms with Crippen LogP contribution in [-0.4, -0.2) is 17.1 Å². The fraction of sp³-hybridized carbons (Fsp3) is 0.143. The molecule has 2 rings (SSSR count). The van der Waals surface area contributed by atoms with Gasteiger partial charge in [-0.2, -0.15) is 5.26 Å². The van der Waals surface area contributed by atoms with Crippen molar-refractivity contribution in [3.05, 3.63) is 46.7 Å². The molecule has 0 spiro atoms. The zero-order chi connectivity index (χ0) is 14.5. The largest absolute Gasteiger partial charge is 0.479 e. The third-order valence-electron chi connectivity index (χ3n) is 2.62. The quantitative estimate of drug-likeness (QED) is 0.935. The number of nitrogens with zero attached hydrogens (tertiary/aromatic N) is 2. The molecule has 0 aliphatic rings. The third kappa shape index (κ3) is 3.39. The predicted molar refractivity (Wildman–Crippen MR) is 78.6 cm³/mol. The third-order valence-corrected chi connectivity index (χ3v) is 3.05. The van der Waals surface area contributed by atoms with Crippen LogP contribution in [0.15, 0.2) is 41.0 Å². The van der Waals surface area contributed by atoms with Gasteiger partial charge in [-0.15, -0.1) is 0 Å². The van der Waals surface area contributed by atoms with Crippen LogP contribution in [0.25, 0.3) is 0 Å². The molecule has 0 saturated heterocycles. The molecular weight excluding hydrogens is 322 g/mol. The predicted octanol–water partition coefficient (Wildman–Crippen LogP) is 2.94. The van der Waals surface area contributed by atoms with Gasteiger partial charge in [0.05, 0.1) is 0 Å². The van der Waals surface area contributed by atoms with Gasteiger partial charge in [-0.1, -0.05) is 0 Å². The van der Waals surface area contributed by atoms with Crippen molar-refractivity contribution in [1.29, 1.82) is 5.26 Å². The van der Waals surface area contributed by atoms with Gasteiger partial charge in [-0.05, 0) is 46.3 Å². The lowest BCUT2D eigenvalue weighted by Gasteiger charge is -2.07. The number of hydrogen-bond donors (Lipinski definition) is 1. The number of hydrogen-bond acceptors (Lipinski definition) is 3. The summed E-state index contributed by atoms with van der Waals surface area (Å²) in [6.45, 7) is 0.00306. The number of amides is 1. The van der Waals surface area contributed by atoms with E-state index in [2.05, 4.69) is 21.2 Å². The minimum atomic E-state index is -0.191. The van der Waals surface area contributed by atoms with Crippen LogP contribution in [-0.2, 0) is 7.05 Å². The molecule has 1 N–H and O–H groups in total. The number of aryl methyl sites for hydroxylation is 1. The van der Waals surface area contributed by atoms with E-state index < -0.39 is 0 Å². The van der Waals surface area contributed by atoms with Crippen molar-refractivity contribution in [2.75, 3.05) is 11.9 Å². The minimum Gasteiger partial charge on any atom is -0.479 e. The smallest absolute Gasteiger partial charge is 0.272 e. The second kappa shape index (κ2) is 6.26. The Labute approximate surface area is 124 Å². The van der Waals surface area contributed by atoms with E-state index in [1.807, 2.05) is 12.3 Å². The summed E-state index contributed by atoms with van der Waals surface area (Å²) in [4.78, 5) is 12.1. The van der Waals surface area contributed by atoms with Crippen LogP contribution < -0.4 is 10.1 Å². The van der Waals surface area contributed by atoms with Crippen LogP contribution in [0.4, 0.5) is 5.69 Å². The summed E-state index contributed by atoms with van der Waals surface area (Å²) >= 11 is 3.33. The SMILES string of the molecule is Cn1cc(Br)cc1C(=O)Nc1ccc(OCC#N)cc1. The van der Waals surface area contributed by atoms with Crippen LogP contribution in [0, 0.1) is 11.3 Å². The van der Waals surface area contributed by atoms with Crippen LogP contribution in [0.5, 0.6) is 5.75 Å². The molecule has 0 unspecified atom stereocenters. The molecule has 102 valence electrons. The molecule has 0 aliphatic carbocycles. The maximum Gasteiger partial charge on any atom is 0.272 e. The number of rotatable bonds is 4. The van der Waals surface area contributed by atoms with Crippen LogP contribution in [0.2, 0.25) is 0 Å². The van der Waals surface area contributed by atoms with Crippen molar-refractivity contribution in [3.63, 3.8) is 0 Å². The van der Waals surface area contributed by atoms with Gasteiger partial charge in [0, 0.05) is 23.4 Å². The Morgan fingerprint density at radius 1 is 1.45 bits per heavy atom. The highest BCUT2D eigenvalue weighted by Crippen LogP contribution is 2.18. The zero-order valence-electron chi connectivity index (χ0n) is 10.8. The van der Waals surface area contributed by atoms with Gasteiger partial charge in [-0.25, -0.2) is 0 Å². The van der Waals surface area contributed by atoms with Crippen molar-refractivity contribution in [3.8, 4) is 11.8 Å². The van der Waals surface area contributed by atoms with E-state index >= 15 is 0 Å². The van der Waals surface area contributed by atoms with Crippen LogP contribution in [0.1, 0.15) is 10.5 Å². The van der Waals surface area contributed by atoms with Crippen molar-refractivity contribution in [2.24, 2.45) is 7.05 Å².